The molecule has 8 heteroatoms. The number of carbonyl (C=O) groups excluding carboxylic acids is 2. The minimum absolute atomic E-state index is 0.0433. The minimum Gasteiger partial charge on any atom is -0.496 e. The average molecular weight is 355 g/mol. The number of ether oxygens (including phenoxy) is 2. The molecule has 1 aromatic carbocycles. The molecular weight excluding hydrogens is 334 g/mol. The molecule has 1 fully saturated rings. The third-order valence-electron chi connectivity index (χ3n) is 4.12. The Labute approximate surface area is 141 Å². The summed E-state index contributed by atoms with van der Waals surface area (Å²) in [6.07, 6.45) is 0.410. The summed E-state index contributed by atoms with van der Waals surface area (Å²) in [5.74, 6) is -0.459. The van der Waals surface area contributed by atoms with Crippen LogP contribution in [0.2, 0.25) is 0 Å². The molecule has 0 saturated carbocycles. The maximum absolute atomic E-state index is 12.1. The van der Waals surface area contributed by atoms with Crippen molar-refractivity contribution in [3.05, 3.63) is 29.3 Å². The molecule has 0 spiro atoms. The number of carbonyl (C=O) groups is 2. The van der Waals surface area contributed by atoms with E-state index in [1.165, 1.54) is 19.1 Å². The number of sulfone groups is 1. The van der Waals surface area contributed by atoms with E-state index in [-0.39, 0.29) is 23.1 Å². The molecule has 0 aliphatic carbocycles. The van der Waals surface area contributed by atoms with Crippen LogP contribution in [0.25, 0.3) is 0 Å². The van der Waals surface area contributed by atoms with Crippen LogP contribution in [0.15, 0.2) is 18.2 Å². The van der Waals surface area contributed by atoms with Gasteiger partial charge in [0.15, 0.2) is 16.4 Å². The van der Waals surface area contributed by atoms with Gasteiger partial charge in [-0.25, -0.2) is 13.2 Å². The summed E-state index contributed by atoms with van der Waals surface area (Å²) in [7, 11) is -0.0457. The van der Waals surface area contributed by atoms with E-state index >= 15 is 0 Å². The second-order valence-electron chi connectivity index (χ2n) is 5.82. The zero-order chi connectivity index (χ0) is 17.9. The predicted molar refractivity (Wildman–Crippen MR) is 87.8 cm³/mol. The number of amides is 1. The number of hydrogen-bond acceptors (Lipinski definition) is 6. The van der Waals surface area contributed by atoms with Crippen LogP contribution in [0, 0.1) is 6.92 Å². The highest BCUT2D eigenvalue weighted by Crippen LogP contribution is 2.20. The molecule has 1 saturated heterocycles. The average Bonchev–Trinajstić information content (AvgIpc) is 2.91. The Hall–Kier alpha value is -2.09. The molecular formula is C16H21NO6S. The first-order valence-corrected chi connectivity index (χ1v) is 9.33. The second kappa shape index (κ2) is 7.21. The van der Waals surface area contributed by atoms with Crippen molar-refractivity contribution < 1.29 is 27.5 Å². The molecule has 1 aliphatic heterocycles. The van der Waals surface area contributed by atoms with E-state index in [9.17, 15) is 18.0 Å². The van der Waals surface area contributed by atoms with E-state index in [0.29, 0.717) is 12.2 Å². The van der Waals surface area contributed by atoms with Crippen molar-refractivity contribution in [1.82, 2.24) is 4.90 Å². The Bertz CT molecular complexity index is 743. The van der Waals surface area contributed by atoms with Crippen molar-refractivity contribution in [3.8, 4) is 5.75 Å². The van der Waals surface area contributed by atoms with Crippen LogP contribution in [-0.2, 0) is 19.4 Å². The highest BCUT2D eigenvalue weighted by Gasteiger charge is 2.32. The van der Waals surface area contributed by atoms with Crippen LogP contribution in [0.5, 0.6) is 5.75 Å². The fourth-order valence-corrected chi connectivity index (χ4v) is 4.32. The van der Waals surface area contributed by atoms with Crippen molar-refractivity contribution in [2.45, 2.75) is 19.4 Å². The normalized spacial score (nSPS) is 18.9. The molecule has 0 N–H and O–H groups in total. The lowest BCUT2D eigenvalue weighted by Crippen LogP contribution is -2.40. The van der Waals surface area contributed by atoms with Gasteiger partial charge in [0.25, 0.3) is 5.91 Å². The van der Waals surface area contributed by atoms with E-state index in [0.717, 1.165) is 5.56 Å². The van der Waals surface area contributed by atoms with Gasteiger partial charge in [0.2, 0.25) is 0 Å². The Morgan fingerprint density at radius 1 is 1.33 bits per heavy atom. The number of methoxy groups -OCH3 is 1. The molecule has 0 aromatic heterocycles. The standard InChI is InChI=1S/C16H21NO6S/c1-11-4-5-12(8-14(11)22-3)16(19)23-9-15(18)17(2)13-6-7-24(20,21)10-13/h4-5,8,13H,6-7,9-10H2,1-3H3/t13-/m1/s1. The van der Waals surface area contributed by atoms with Gasteiger partial charge in [0, 0.05) is 13.1 Å². The van der Waals surface area contributed by atoms with Gasteiger partial charge >= 0.3 is 5.97 Å². The van der Waals surface area contributed by atoms with E-state index in [1.807, 2.05) is 6.92 Å². The van der Waals surface area contributed by atoms with Crippen molar-refractivity contribution in [3.63, 3.8) is 0 Å². The number of aryl methyl sites for hydroxylation is 1. The number of esters is 1. The minimum atomic E-state index is -3.08. The molecule has 132 valence electrons. The van der Waals surface area contributed by atoms with Gasteiger partial charge in [-0.3, -0.25) is 4.79 Å². The smallest absolute Gasteiger partial charge is 0.338 e. The summed E-state index contributed by atoms with van der Waals surface area (Å²) in [4.78, 5) is 25.5. The van der Waals surface area contributed by atoms with Crippen LogP contribution in [0.4, 0.5) is 0 Å². The third-order valence-corrected chi connectivity index (χ3v) is 5.87. The molecule has 1 aromatic rings. The summed E-state index contributed by atoms with van der Waals surface area (Å²) in [6, 6.07) is 4.51. The number of rotatable bonds is 5. The van der Waals surface area contributed by atoms with Crippen LogP contribution in [-0.4, -0.2) is 63.5 Å². The highest BCUT2D eigenvalue weighted by atomic mass is 32.2. The number of nitrogens with zero attached hydrogens (tertiary/aromatic N) is 1. The molecule has 1 heterocycles. The molecule has 24 heavy (non-hydrogen) atoms. The van der Waals surface area contributed by atoms with Crippen LogP contribution in [0.3, 0.4) is 0 Å². The van der Waals surface area contributed by atoms with Gasteiger partial charge in [-0.05, 0) is 31.0 Å². The molecule has 0 bridgehead atoms. The van der Waals surface area contributed by atoms with Crippen molar-refractivity contribution >= 4 is 21.7 Å². The number of likely N-dealkylation sites (N-methyl/N-ethyl adjacent to an activating group) is 1. The molecule has 1 amide bonds. The lowest BCUT2D eigenvalue weighted by atomic mass is 10.1. The Morgan fingerprint density at radius 3 is 2.62 bits per heavy atom. The first-order chi connectivity index (χ1) is 11.2. The van der Waals surface area contributed by atoms with Crippen molar-refractivity contribution in [2.75, 3.05) is 32.3 Å². The van der Waals surface area contributed by atoms with Gasteiger partial charge in [0.05, 0.1) is 24.2 Å². The van der Waals surface area contributed by atoms with Gasteiger partial charge in [-0.1, -0.05) is 6.07 Å². The molecule has 0 unspecified atom stereocenters. The fraction of sp³-hybridized carbons (Fsp3) is 0.500. The first-order valence-electron chi connectivity index (χ1n) is 7.51. The molecule has 1 atom stereocenters. The summed E-state index contributed by atoms with van der Waals surface area (Å²) in [6.45, 7) is 1.42. The summed E-state index contributed by atoms with van der Waals surface area (Å²) in [5, 5.41) is 0. The Morgan fingerprint density at radius 2 is 2.04 bits per heavy atom. The number of benzene rings is 1. The molecule has 0 radical (unpaired) electrons. The first kappa shape index (κ1) is 18.3. The monoisotopic (exact) mass is 355 g/mol. The zero-order valence-corrected chi connectivity index (χ0v) is 14.8. The van der Waals surface area contributed by atoms with Crippen LogP contribution < -0.4 is 4.74 Å². The van der Waals surface area contributed by atoms with Gasteiger partial charge < -0.3 is 14.4 Å². The largest absolute Gasteiger partial charge is 0.496 e. The quantitative estimate of drug-likeness (QED) is 0.726. The lowest BCUT2D eigenvalue weighted by Gasteiger charge is -2.23. The van der Waals surface area contributed by atoms with E-state index in [4.69, 9.17) is 9.47 Å². The topological polar surface area (TPSA) is 90.0 Å². The van der Waals surface area contributed by atoms with Crippen LogP contribution in [0.1, 0.15) is 22.3 Å². The van der Waals surface area contributed by atoms with Gasteiger partial charge in [-0.15, -0.1) is 0 Å². The van der Waals surface area contributed by atoms with E-state index in [1.54, 1.807) is 18.2 Å². The zero-order valence-electron chi connectivity index (χ0n) is 13.9. The van der Waals surface area contributed by atoms with Gasteiger partial charge in [0.1, 0.15) is 5.75 Å². The van der Waals surface area contributed by atoms with Crippen molar-refractivity contribution in [1.29, 1.82) is 0 Å². The predicted octanol–water partition coefficient (Wildman–Crippen LogP) is 0.806. The number of hydrogen-bond donors (Lipinski definition) is 0. The fourth-order valence-electron chi connectivity index (χ4n) is 2.54. The highest BCUT2D eigenvalue weighted by molar-refractivity contribution is 7.91. The lowest BCUT2D eigenvalue weighted by molar-refractivity contribution is -0.134. The summed E-state index contributed by atoms with van der Waals surface area (Å²) in [5.41, 5.74) is 1.17. The summed E-state index contributed by atoms with van der Waals surface area (Å²) < 4.78 is 33.1. The Balaban J connectivity index is 1.92. The van der Waals surface area contributed by atoms with E-state index < -0.39 is 28.3 Å². The van der Waals surface area contributed by atoms with E-state index in [2.05, 4.69) is 0 Å². The van der Waals surface area contributed by atoms with Gasteiger partial charge in [-0.2, -0.15) is 0 Å². The summed E-state index contributed by atoms with van der Waals surface area (Å²) >= 11 is 0. The maximum atomic E-state index is 12.1. The maximum Gasteiger partial charge on any atom is 0.338 e. The second-order valence-corrected chi connectivity index (χ2v) is 8.05. The molecule has 2 rings (SSSR count). The molecule has 1 aliphatic rings. The molecule has 7 nitrogen and oxygen atoms in total. The third kappa shape index (κ3) is 4.25. The Kier molecular flexibility index (Phi) is 5.48. The van der Waals surface area contributed by atoms with Crippen LogP contribution >= 0.6 is 0 Å². The SMILES string of the molecule is COc1cc(C(=O)OCC(=O)N(C)[C@@H]2CCS(=O)(=O)C2)ccc1C. The van der Waals surface area contributed by atoms with Crippen molar-refractivity contribution in [2.24, 2.45) is 0 Å².